The van der Waals surface area contributed by atoms with E-state index in [4.69, 9.17) is 5.73 Å². The van der Waals surface area contributed by atoms with Crippen molar-refractivity contribution in [3.63, 3.8) is 0 Å². The largest absolute Gasteiger partial charge is 0.383 e. The van der Waals surface area contributed by atoms with E-state index in [1.165, 1.54) is 0 Å². The van der Waals surface area contributed by atoms with Crippen LogP contribution in [-0.4, -0.2) is 25.4 Å². The number of H-pyrrole nitrogens is 1. The first kappa shape index (κ1) is 11.0. The highest BCUT2D eigenvalue weighted by Gasteiger charge is 2.15. The lowest BCUT2D eigenvalue weighted by atomic mass is 10.1. The van der Waals surface area contributed by atoms with Crippen molar-refractivity contribution >= 4 is 21.7 Å². The maximum absolute atomic E-state index is 5.81. The van der Waals surface area contributed by atoms with Gasteiger partial charge >= 0.3 is 0 Å². The van der Waals surface area contributed by atoms with Gasteiger partial charge in [0.1, 0.15) is 11.5 Å². The Labute approximate surface area is 101 Å². The predicted octanol–water partition coefficient (Wildman–Crippen LogP) is 1.73. The molecule has 0 fully saturated rings. The average molecular weight is 283 g/mol. The molecule has 0 amide bonds. The van der Waals surface area contributed by atoms with Gasteiger partial charge in [0.05, 0.1) is 16.4 Å². The van der Waals surface area contributed by atoms with Crippen molar-refractivity contribution in [2.45, 2.75) is 19.8 Å². The first-order valence-corrected chi connectivity index (χ1v) is 5.58. The van der Waals surface area contributed by atoms with Crippen LogP contribution in [0.25, 0.3) is 11.5 Å². The molecule has 0 spiro atoms. The fourth-order valence-electron chi connectivity index (χ4n) is 1.29. The van der Waals surface area contributed by atoms with Gasteiger partial charge in [0, 0.05) is 0 Å². The van der Waals surface area contributed by atoms with Gasteiger partial charge in [-0.25, -0.2) is 9.97 Å². The van der Waals surface area contributed by atoms with E-state index in [0.717, 1.165) is 10.2 Å². The summed E-state index contributed by atoms with van der Waals surface area (Å²) >= 11 is 3.38. The van der Waals surface area contributed by atoms with Crippen LogP contribution in [-0.2, 0) is 0 Å². The van der Waals surface area contributed by atoms with Gasteiger partial charge in [-0.2, -0.15) is 15.4 Å². The number of anilines is 1. The number of nitrogens with one attached hydrogen (secondary N) is 1. The number of halogens is 1. The minimum atomic E-state index is 0.255. The van der Waals surface area contributed by atoms with Crippen LogP contribution in [0, 0.1) is 0 Å². The highest BCUT2D eigenvalue weighted by molar-refractivity contribution is 9.10. The van der Waals surface area contributed by atoms with Gasteiger partial charge in [-0.05, 0) is 21.8 Å². The van der Waals surface area contributed by atoms with E-state index in [1.807, 2.05) is 13.8 Å². The molecule has 0 aliphatic rings. The minimum Gasteiger partial charge on any atom is -0.383 e. The smallest absolute Gasteiger partial charge is 0.184 e. The highest BCUT2D eigenvalue weighted by Crippen LogP contribution is 2.28. The summed E-state index contributed by atoms with van der Waals surface area (Å²) in [5, 5.41) is 10.2. The zero-order valence-corrected chi connectivity index (χ0v) is 10.5. The lowest BCUT2D eigenvalue weighted by Gasteiger charge is -2.10. The molecule has 16 heavy (non-hydrogen) atoms. The first-order valence-electron chi connectivity index (χ1n) is 4.78. The quantitative estimate of drug-likeness (QED) is 0.875. The molecular formula is C9H11BrN6. The van der Waals surface area contributed by atoms with Crippen molar-refractivity contribution in [3.8, 4) is 11.5 Å². The molecule has 6 nitrogen and oxygen atoms in total. The molecule has 0 bridgehead atoms. The molecule has 2 aromatic heterocycles. The second kappa shape index (κ2) is 4.17. The molecule has 3 N–H and O–H groups in total. The average Bonchev–Trinajstić information content (AvgIpc) is 2.74. The monoisotopic (exact) mass is 282 g/mol. The number of nitrogen functional groups attached to an aromatic ring is 1. The third-order valence-corrected chi connectivity index (χ3v) is 2.91. The Bertz CT molecular complexity index is 493. The third-order valence-electron chi connectivity index (χ3n) is 2.09. The number of nitrogens with zero attached hydrogens (tertiary/aromatic N) is 4. The Morgan fingerprint density at radius 1 is 1.38 bits per heavy atom. The maximum atomic E-state index is 5.81. The Hall–Kier alpha value is -1.50. The van der Waals surface area contributed by atoms with E-state index < -0.39 is 0 Å². The summed E-state index contributed by atoms with van der Waals surface area (Å²) in [6, 6.07) is 0. The van der Waals surface area contributed by atoms with Gasteiger partial charge in [-0.15, -0.1) is 0 Å². The molecule has 7 heteroatoms. The maximum Gasteiger partial charge on any atom is 0.184 e. The Morgan fingerprint density at radius 3 is 2.69 bits per heavy atom. The van der Waals surface area contributed by atoms with E-state index >= 15 is 0 Å². The van der Waals surface area contributed by atoms with Crippen LogP contribution in [0.15, 0.2) is 10.7 Å². The molecule has 0 saturated carbocycles. The van der Waals surface area contributed by atoms with E-state index in [1.54, 1.807) is 6.20 Å². The number of nitrogens with two attached hydrogens (primary N) is 1. The lowest BCUT2D eigenvalue weighted by molar-refractivity contribution is 0.809. The zero-order chi connectivity index (χ0) is 11.7. The van der Waals surface area contributed by atoms with Crippen LogP contribution in [0.5, 0.6) is 0 Å². The van der Waals surface area contributed by atoms with Gasteiger partial charge in [0.2, 0.25) is 0 Å². The number of aromatic nitrogens is 5. The predicted molar refractivity (Wildman–Crippen MR) is 63.6 cm³/mol. The van der Waals surface area contributed by atoms with Gasteiger partial charge in [0.25, 0.3) is 0 Å². The van der Waals surface area contributed by atoms with Crippen LogP contribution in [0.1, 0.15) is 25.5 Å². The van der Waals surface area contributed by atoms with E-state index in [2.05, 4.69) is 41.3 Å². The van der Waals surface area contributed by atoms with E-state index in [-0.39, 0.29) is 5.92 Å². The standard InChI is InChI=1S/C9H11BrN6/c1-4(2)7-6(10)8(11)14-9(13-7)5-3-12-16-15-5/h3-4H,1-2H3,(H2,11,13,14)(H,12,15,16). The fraction of sp³-hybridized carbons (Fsp3) is 0.333. The van der Waals surface area contributed by atoms with Crippen LogP contribution in [0.3, 0.4) is 0 Å². The Kier molecular flexibility index (Phi) is 2.86. The topological polar surface area (TPSA) is 93.4 Å². The molecule has 0 aliphatic carbocycles. The number of hydrogen-bond donors (Lipinski definition) is 2. The number of aromatic amines is 1. The number of rotatable bonds is 2. The van der Waals surface area contributed by atoms with Crippen LogP contribution in [0.2, 0.25) is 0 Å². The Balaban J connectivity index is 2.57. The summed E-state index contributed by atoms with van der Waals surface area (Å²) < 4.78 is 0.745. The van der Waals surface area contributed by atoms with Gasteiger partial charge in [0.15, 0.2) is 5.82 Å². The van der Waals surface area contributed by atoms with Gasteiger partial charge in [-0.3, -0.25) is 0 Å². The van der Waals surface area contributed by atoms with Crippen molar-refractivity contribution in [3.05, 3.63) is 16.4 Å². The first-order chi connectivity index (χ1) is 7.59. The summed E-state index contributed by atoms with van der Waals surface area (Å²) in [6.45, 7) is 4.08. The van der Waals surface area contributed by atoms with Crippen LogP contribution in [0.4, 0.5) is 5.82 Å². The lowest BCUT2D eigenvalue weighted by Crippen LogP contribution is -2.04. The molecule has 0 unspecified atom stereocenters. The fourth-order valence-corrected chi connectivity index (χ4v) is 1.92. The van der Waals surface area contributed by atoms with E-state index in [9.17, 15) is 0 Å². The summed E-state index contributed by atoms with van der Waals surface area (Å²) in [4.78, 5) is 8.57. The Morgan fingerprint density at radius 2 is 2.12 bits per heavy atom. The van der Waals surface area contributed by atoms with Crippen molar-refractivity contribution in [1.29, 1.82) is 0 Å². The molecule has 0 saturated heterocycles. The van der Waals surface area contributed by atoms with Gasteiger partial charge in [-0.1, -0.05) is 13.8 Å². The van der Waals surface area contributed by atoms with Crippen molar-refractivity contribution in [1.82, 2.24) is 25.4 Å². The number of hydrogen-bond acceptors (Lipinski definition) is 5. The van der Waals surface area contributed by atoms with Crippen LogP contribution < -0.4 is 5.73 Å². The normalized spacial score (nSPS) is 11.0. The third kappa shape index (κ3) is 1.90. The van der Waals surface area contributed by atoms with Crippen LogP contribution >= 0.6 is 15.9 Å². The van der Waals surface area contributed by atoms with Gasteiger partial charge < -0.3 is 5.73 Å². The molecule has 2 heterocycles. The molecular weight excluding hydrogens is 272 g/mol. The van der Waals surface area contributed by atoms with Crippen molar-refractivity contribution in [2.24, 2.45) is 0 Å². The molecule has 0 aliphatic heterocycles. The van der Waals surface area contributed by atoms with Crippen molar-refractivity contribution < 1.29 is 0 Å². The van der Waals surface area contributed by atoms with E-state index in [0.29, 0.717) is 17.3 Å². The molecule has 0 aromatic carbocycles. The molecule has 2 rings (SSSR count). The molecule has 0 radical (unpaired) electrons. The molecule has 2 aromatic rings. The highest BCUT2D eigenvalue weighted by atomic mass is 79.9. The zero-order valence-electron chi connectivity index (χ0n) is 8.90. The summed E-state index contributed by atoms with van der Waals surface area (Å²) in [5.74, 6) is 1.15. The molecule has 0 atom stereocenters. The van der Waals surface area contributed by atoms with Crippen molar-refractivity contribution in [2.75, 3.05) is 5.73 Å². The summed E-state index contributed by atoms with van der Waals surface area (Å²) in [5.41, 5.74) is 7.26. The SMILES string of the molecule is CC(C)c1nc(-c2cn[nH]n2)nc(N)c1Br. The molecule has 84 valence electrons. The minimum absolute atomic E-state index is 0.255. The summed E-state index contributed by atoms with van der Waals surface area (Å²) in [6.07, 6.45) is 1.56. The second-order valence-electron chi connectivity index (χ2n) is 3.64. The summed E-state index contributed by atoms with van der Waals surface area (Å²) in [7, 11) is 0. The second-order valence-corrected chi connectivity index (χ2v) is 4.43.